The summed E-state index contributed by atoms with van der Waals surface area (Å²) in [5.74, 6) is -3.46. The maximum atomic E-state index is 14.5. The summed E-state index contributed by atoms with van der Waals surface area (Å²) in [6, 6.07) is 7.48. The van der Waals surface area contributed by atoms with Crippen LogP contribution in [0.15, 0.2) is 41.3 Å². The van der Waals surface area contributed by atoms with Gasteiger partial charge in [0.05, 0.1) is 12.8 Å². The minimum atomic E-state index is -1.30. The Morgan fingerprint density at radius 3 is 2.53 bits per heavy atom. The molecule has 0 saturated carbocycles. The molecule has 0 aliphatic rings. The minimum Gasteiger partial charge on any atom is -0.496 e. The number of hydrogen-bond acceptors (Lipinski definition) is 6. The van der Waals surface area contributed by atoms with Crippen molar-refractivity contribution in [3.8, 4) is 17.0 Å². The monoisotopic (exact) mass is 544 g/mol. The lowest BCUT2D eigenvalue weighted by Gasteiger charge is -2.12. The number of aliphatic carboxylic acids is 1. The Morgan fingerprint density at radius 1 is 1.16 bits per heavy atom. The number of aryl methyl sites for hydroxylation is 1. The fraction of sp³-hybridized carbons (Fsp3) is 0.321. The van der Waals surface area contributed by atoms with E-state index in [1.54, 1.807) is 12.5 Å². The zero-order chi connectivity index (χ0) is 27.7. The van der Waals surface area contributed by atoms with E-state index in [9.17, 15) is 18.4 Å². The summed E-state index contributed by atoms with van der Waals surface area (Å²) >= 11 is 1.16. The number of thiazole rings is 1. The van der Waals surface area contributed by atoms with Crippen molar-refractivity contribution in [2.45, 2.75) is 39.5 Å². The molecule has 0 radical (unpaired) electrons. The number of nitrogens with one attached hydrogen (secondary N) is 1. The SMILES string of the molecule is CCCCOCCCc1cccc(-c2csc(NC(=O)c3cc(F)c(C=C(C)C(=O)O)c(F)c3)n2)c1OC. The molecule has 0 aliphatic heterocycles. The van der Waals surface area contributed by atoms with Crippen LogP contribution in [-0.4, -0.2) is 42.3 Å². The highest BCUT2D eigenvalue weighted by atomic mass is 32.1. The fourth-order valence-corrected chi connectivity index (χ4v) is 4.40. The number of benzene rings is 2. The molecule has 2 N–H and O–H groups in total. The van der Waals surface area contributed by atoms with Crippen molar-refractivity contribution in [2.75, 3.05) is 25.6 Å². The second-order valence-corrected chi connectivity index (χ2v) is 9.40. The Labute approximate surface area is 224 Å². The number of aromatic nitrogens is 1. The van der Waals surface area contributed by atoms with Gasteiger partial charge >= 0.3 is 5.97 Å². The molecule has 2 aromatic carbocycles. The van der Waals surface area contributed by atoms with Crippen molar-refractivity contribution in [2.24, 2.45) is 0 Å². The standard InChI is InChI=1S/C28H30F2N2O5S/c1-4-5-11-37-12-7-9-18-8-6-10-20(25(18)36-3)24-16-38-28(31-24)32-26(33)19-14-22(29)21(23(30)15-19)13-17(2)27(34)35/h6,8,10,13-16H,4-5,7,9,11-12H2,1-3H3,(H,34,35)(H,31,32,33). The Bertz CT molecular complexity index is 1300. The zero-order valence-corrected chi connectivity index (χ0v) is 22.3. The number of rotatable bonds is 13. The number of anilines is 1. The number of carbonyl (C=O) groups is 2. The number of carboxylic acids is 1. The van der Waals surface area contributed by atoms with Crippen LogP contribution in [0.1, 0.15) is 54.6 Å². The molecule has 3 rings (SSSR count). The summed E-state index contributed by atoms with van der Waals surface area (Å²) in [7, 11) is 1.59. The first-order chi connectivity index (χ1) is 18.2. The number of para-hydroxylation sites is 1. The molecule has 1 aromatic heterocycles. The number of carboxylic acid groups (broad SMARTS) is 1. The highest BCUT2D eigenvalue weighted by Gasteiger charge is 2.18. The summed E-state index contributed by atoms with van der Waals surface area (Å²) in [6.07, 6.45) is 4.63. The Hall–Kier alpha value is -3.63. The lowest BCUT2D eigenvalue weighted by molar-refractivity contribution is -0.132. The molecule has 0 bridgehead atoms. The second-order valence-electron chi connectivity index (χ2n) is 8.55. The first kappa shape index (κ1) is 28.9. The summed E-state index contributed by atoms with van der Waals surface area (Å²) in [5, 5.41) is 13.5. The van der Waals surface area contributed by atoms with Gasteiger partial charge in [-0.05, 0) is 56.0 Å². The predicted molar refractivity (Wildman–Crippen MR) is 144 cm³/mol. The molecule has 1 amide bonds. The lowest BCUT2D eigenvalue weighted by atomic mass is 10.0. The molecule has 202 valence electrons. The van der Waals surface area contributed by atoms with Gasteiger partial charge < -0.3 is 14.6 Å². The van der Waals surface area contributed by atoms with Gasteiger partial charge in [0.15, 0.2) is 5.13 Å². The van der Waals surface area contributed by atoms with Crippen LogP contribution in [0, 0.1) is 11.6 Å². The van der Waals surface area contributed by atoms with Crippen molar-refractivity contribution in [1.82, 2.24) is 4.98 Å². The number of halogens is 2. The van der Waals surface area contributed by atoms with Crippen molar-refractivity contribution < 1.29 is 33.0 Å². The number of ether oxygens (including phenoxy) is 2. The maximum Gasteiger partial charge on any atom is 0.331 e. The van der Waals surface area contributed by atoms with Crippen molar-refractivity contribution in [1.29, 1.82) is 0 Å². The van der Waals surface area contributed by atoms with E-state index in [2.05, 4.69) is 17.2 Å². The van der Waals surface area contributed by atoms with Gasteiger partial charge in [-0.1, -0.05) is 25.5 Å². The molecule has 1 heterocycles. The van der Waals surface area contributed by atoms with Gasteiger partial charge in [-0.15, -0.1) is 11.3 Å². The van der Waals surface area contributed by atoms with Gasteiger partial charge in [-0.2, -0.15) is 0 Å². The molecule has 0 spiro atoms. The molecule has 0 unspecified atom stereocenters. The van der Waals surface area contributed by atoms with Crippen LogP contribution in [0.25, 0.3) is 17.3 Å². The van der Waals surface area contributed by atoms with Crippen LogP contribution in [0.2, 0.25) is 0 Å². The van der Waals surface area contributed by atoms with Crippen LogP contribution in [0.3, 0.4) is 0 Å². The van der Waals surface area contributed by atoms with Crippen LogP contribution in [-0.2, 0) is 16.0 Å². The topological polar surface area (TPSA) is 97.8 Å². The lowest BCUT2D eigenvalue weighted by Crippen LogP contribution is -2.13. The van der Waals surface area contributed by atoms with Crippen LogP contribution >= 0.6 is 11.3 Å². The van der Waals surface area contributed by atoms with E-state index in [1.807, 2.05) is 18.2 Å². The van der Waals surface area contributed by atoms with E-state index in [4.69, 9.17) is 14.6 Å². The summed E-state index contributed by atoms with van der Waals surface area (Å²) in [4.78, 5) is 28.1. The van der Waals surface area contributed by atoms with E-state index in [0.29, 0.717) is 18.1 Å². The molecule has 0 aliphatic carbocycles. The van der Waals surface area contributed by atoms with E-state index in [1.165, 1.54) is 6.92 Å². The second kappa shape index (κ2) is 13.8. The maximum absolute atomic E-state index is 14.5. The van der Waals surface area contributed by atoms with Crippen LogP contribution in [0.5, 0.6) is 5.75 Å². The quantitative estimate of drug-likeness (QED) is 0.186. The number of unbranched alkanes of at least 4 members (excludes halogenated alkanes) is 1. The van der Waals surface area contributed by atoms with Gasteiger partial charge in [-0.3, -0.25) is 10.1 Å². The van der Waals surface area contributed by atoms with Gasteiger partial charge in [0.1, 0.15) is 17.4 Å². The van der Waals surface area contributed by atoms with Crippen LogP contribution < -0.4 is 10.1 Å². The summed E-state index contributed by atoms with van der Waals surface area (Å²) in [5.41, 5.74) is 1.33. The molecule has 38 heavy (non-hydrogen) atoms. The van der Waals surface area contributed by atoms with Crippen molar-refractivity contribution in [3.63, 3.8) is 0 Å². The van der Waals surface area contributed by atoms with Gasteiger partial charge in [0, 0.05) is 40.9 Å². The van der Waals surface area contributed by atoms with Crippen molar-refractivity contribution >= 4 is 34.4 Å². The highest BCUT2D eigenvalue weighted by Crippen LogP contribution is 2.35. The number of nitrogens with zero attached hydrogens (tertiary/aromatic N) is 1. The van der Waals surface area contributed by atoms with Crippen molar-refractivity contribution in [3.05, 3.63) is 69.6 Å². The molecule has 7 nitrogen and oxygen atoms in total. The third-order valence-electron chi connectivity index (χ3n) is 5.72. The summed E-state index contributed by atoms with van der Waals surface area (Å²) in [6.45, 7) is 4.76. The number of amides is 1. The van der Waals surface area contributed by atoms with E-state index >= 15 is 0 Å². The number of methoxy groups -OCH3 is 1. The molecule has 10 heteroatoms. The van der Waals surface area contributed by atoms with Gasteiger partial charge in [0.2, 0.25) is 0 Å². The number of carbonyl (C=O) groups excluding carboxylic acids is 1. The first-order valence-corrected chi connectivity index (χ1v) is 13.0. The normalized spacial score (nSPS) is 11.4. The Morgan fingerprint density at radius 2 is 1.87 bits per heavy atom. The first-order valence-electron chi connectivity index (χ1n) is 12.2. The molecule has 0 saturated heterocycles. The van der Waals surface area contributed by atoms with E-state index in [0.717, 1.165) is 73.0 Å². The average Bonchev–Trinajstić information content (AvgIpc) is 3.35. The van der Waals surface area contributed by atoms with E-state index < -0.39 is 29.1 Å². The third-order valence-corrected chi connectivity index (χ3v) is 6.48. The third kappa shape index (κ3) is 7.45. The fourth-order valence-electron chi connectivity index (χ4n) is 3.69. The molecular weight excluding hydrogens is 514 g/mol. The smallest absolute Gasteiger partial charge is 0.331 e. The average molecular weight is 545 g/mol. The highest BCUT2D eigenvalue weighted by molar-refractivity contribution is 7.14. The van der Waals surface area contributed by atoms with Gasteiger partial charge in [0.25, 0.3) is 5.91 Å². The van der Waals surface area contributed by atoms with Gasteiger partial charge in [-0.25, -0.2) is 18.6 Å². The predicted octanol–water partition coefficient (Wildman–Crippen LogP) is 6.59. The minimum absolute atomic E-state index is 0.241. The largest absolute Gasteiger partial charge is 0.496 e. The summed E-state index contributed by atoms with van der Waals surface area (Å²) < 4.78 is 40.2. The molecule has 3 aromatic rings. The Kier molecular flexibility index (Phi) is 10.5. The molecular formula is C28H30F2N2O5S. The Balaban J connectivity index is 1.73. The van der Waals surface area contributed by atoms with Crippen LogP contribution in [0.4, 0.5) is 13.9 Å². The van der Waals surface area contributed by atoms with E-state index in [-0.39, 0.29) is 16.3 Å². The molecule has 0 fully saturated rings. The molecule has 0 atom stereocenters. The number of hydrogen-bond donors (Lipinski definition) is 2. The zero-order valence-electron chi connectivity index (χ0n) is 21.5.